The Morgan fingerprint density at radius 3 is 1.31 bits per heavy atom. The van der Waals surface area contributed by atoms with Crippen LogP contribution in [0.5, 0.6) is 0 Å². The Morgan fingerprint density at radius 1 is 0.294 bits per heavy atom. The first kappa shape index (κ1) is 29.3. The molecule has 2 heteroatoms. The van der Waals surface area contributed by atoms with Crippen molar-refractivity contribution in [3.8, 4) is 44.8 Å². The predicted octanol–water partition coefficient (Wildman–Crippen LogP) is 13.2. The fourth-order valence-corrected chi connectivity index (χ4v) is 7.93. The maximum absolute atomic E-state index is 2.44. The van der Waals surface area contributed by atoms with Gasteiger partial charge in [0.05, 0.1) is 22.1 Å². The van der Waals surface area contributed by atoms with Gasteiger partial charge in [-0.15, -0.1) is 0 Å². The summed E-state index contributed by atoms with van der Waals surface area (Å²) in [6.45, 7) is 2.13. The van der Waals surface area contributed by atoms with Crippen LogP contribution in [0.1, 0.15) is 5.56 Å². The molecule has 0 N–H and O–H groups in total. The third kappa shape index (κ3) is 4.80. The lowest BCUT2D eigenvalue weighted by Crippen LogP contribution is -1.95. The van der Waals surface area contributed by atoms with Gasteiger partial charge in [-0.2, -0.15) is 0 Å². The zero-order chi connectivity index (χ0) is 33.9. The van der Waals surface area contributed by atoms with Crippen LogP contribution in [0.3, 0.4) is 0 Å². The second kappa shape index (κ2) is 11.8. The van der Waals surface area contributed by atoms with Crippen LogP contribution in [0.4, 0.5) is 0 Å². The SMILES string of the molecule is Cc1ccc(-c2ccc(-n3c4ccccc4c4c5c6ccccc6n(-c6cccc(-c7ccc(-c8ccccc8)cc7)c6)c5ccc43)cc2)cc1. The molecule has 0 fully saturated rings. The van der Waals surface area contributed by atoms with Gasteiger partial charge in [-0.25, -0.2) is 0 Å². The molecule has 0 aliphatic heterocycles. The van der Waals surface area contributed by atoms with Crippen LogP contribution in [0.25, 0.3) is 88.4 Å². The molecule has 2 aromatic heterocycles. The molecule has 0 saturated heterocycles. The maximum Gasteiger partial charge on any atom is 0.0548 e. The summed E-state index contributed by atoms with van der Waals surface area (Å²) >= 11 is 0. The van der Waals surface area contributed by atoms with Gasteiger partial charge in [-0.05, 0) is 88.8 Å². The minimum atomic E-state index is 1.15. The monoisotopic (exact) mass is 650 g/mol. The molecule has 0 aliphatic rings. The summed E-state index contributed by atoms with van der Waals surface area (Å²) in [6, 6.07) is 68.5. The zero-order valence-electron chi connectivity index (χ0n) is 28.3. The first-order valence-corrected chi connectivity index (χ1v) is 17.6. The van der Waals surface area contributed by atoms with Crippen molar-refractivity contribution in [2.45, 2.75) is 6.92 Å². The Labute approximate surface area is 297 Å². The summed E-state index contributed by atoms with van der Waals surface area (Å²) in [5, 5.41) is 5.09. The summed E-state index contributed by atoms with van der Waals surface area (Å²) in [7, 11) is 0. The normalized spacial score (nSPS) is 11.6. The van der Waals surface area contributed by atoms with Gasteiger partial charge in [0.15, 0.2) is 0 Å². The lowest BCUT2D eigenvalue weighted by atomic mass is 10.00. The van der Waals surface area contributed by atoms with E-state index >= 15 is 0 Å². The Balaban J connectivity index is 1.14. The van der Waals surface area contributed by atoms with Crippen molar-refractivity contribution >= 4 is 43.6 Å². The summed E-state index contributed by atoms with van der Waals surface area (Å²) in [6.07, 6.45) is 0. The molecular formula is C49H34N2. The minimum absolute atomic E-state index is 1.15. The van der Waals surface area contributed by atoms with Gasteiger partial charge in [-0.3, -0.25) is 0 Å². The van der Waals surface area contributed by atoms with E-state index in [4.69, 9.17) is 0 Å². The van der Waals surface area contributed by atoms with E-state index in [2.05, 4.69) is 204 Å². The average molecular weight is 651 g/mol. The molecule has 0 radical (unpaired) electrons. The van der Waals surface area contributed by atoms with Crippen LogP contribution in [0.2, 0.25) is 0 Å². The number of rotatable bonds is 5. The minimum Gasteiger partial charge on any atom is -0.309 e. The van der Waals surface area contributed by atoms with Crippen molar-refractivity contribution in [3.05, 3.63) is 194 Å². The predicted molar refractivity (Wildman–Crippen MR) is 216 cm³/mol. The largest absolute Gasteiger partial charge is 0.309 e. The number of nitrogens with zero attached hydrogens (tertiary/aromatic N) is 2. The number of hydrogen-bond donors (Lipinski definition) is 0. The highest BCUT2D eigenvalue weighted by Crippen LogP contribution is 2.42. The van der Waals surface area contributed by atoms with Crippen LogP contribution < -0.4 is 0 Å². The highest BCUT2D eigenvalue weighted by Gasteiger charge is 2.20. The number of aromatic nitrogens is 2. The quantitative estimate of drug-likeness (QED) is 0.175. The van der Waals surface area contributed by atoms with Crippen LogP contribution in [-0.2, 0) is 0 Å². The van der Waals surface area contributed by atoms with Crippen molar-refractivity contribution in [3.63, 3.8) is 0 Å². The van der Waals surface area contributed by atoms with E-state index in [1.807, 2.05) is 0 Å². The molecule has 0 bridgehead atoms. The average Bonchev–Trinajstić information content (AvgIpc) is 3.72. The highest BCUT2D eigenvalue weighted by molar-refractivity contribution is 6.28. The lowest BCUT2D eigenvalue weighted by molar-refractivity contribution is 1.17. The second-order valence-corrected chi connectivity index (χ2v) is 13.5. The van der Waals surface area contributed by atoms with Gasteiger partial charge in [0, 0.05) is 32.9 Å². The number of aryl methyl sites for hydroxylation is 1. The lowest BCUT2D eigenvalue weighted by Gasteiger charge is -2.12. The summed E-state index contributed by atoms with van der Waals surface area (Å²) in [5.41, 5.74) is 15.7. The molecular weight excluding hydrogens is 617 g/mol. The van der Waals surface area contributed by atoms with Crippen molar-refractivity contribution in [2.24, 2.45) is 0 Å². The van der Waals surface area contributed by atoms with E-state index in [0.717, 1.165) is 11.4 Å². The Kier molecular flexibility index (Phi) is 6.75. The van der Waals surface area contributed by atoms with Crippen molar-refractivity contribution in [1.29, 1.82) is 0 Å². The van der Waals surface area contributed by atoms with Crippen LogP contribution in [0.15, 0.2) is 188 Å². The van der Waals surface area contributed by atoms with E-state index in [1.54, 1.807) is 0 Å². The number of para-hydroxylation sites is 2. The smallest absolute Gasteiger partial charge is 0.0548 e. The van der Waals surface area contributed by atoms with Crippen LogP contribution >= 0.6 is 0 Å². The maximum atomic E-state index is 2.44. The fraction of sp³-hybridized carbons (Fsp3) is 0.0204. The highest BCUT2D eigenvalue weighted by atomic mass is 15.0. The van der Waals surface area contributed by atoms with Crippen molar-refractivity contribution in [1.82, 2.24) is 9.13 Å². The zero-order valence-corrected chi connectivity index (χ0v) is 28.3. The molecule has 0 amide bonds. The van der Waals surface area contributed by atoms with E-state index < -0.39 is 0 Å². The van der Waals surface area contributed by atoms with Crippen LogP contribution in [-0.4, -0.2) is 9.13 Å². The molecule has 10 rings (SSSR count). The molecule has 51 heavy (non-hydrogen) atoms. The molecule has 2 nitrogen and oxygen atoms in total. The molecule has 0 atom stereocenters. The molecule has 240 valence electrons. The third-order valence-electron chi connectivity index (χ3n) is 10.4. The van der Waals surface area contributed by atoms with Crippen molar-refractivity contribution < 1.29 is 0 Å². The first-order chi connectivity index (χ1) is 25.2. The Bertz CT molecular complexity index is 2870. The molecule has 2 heterocycles. The van der Waals surface area contributed by atoms with Gasteiger partial charge < -0.3 is 9.13 Å². The summed E-state index contributed by atoms with van der Waals surface area (Å²) in [5.74, 6) is 0. The topological polar surface area (TPSA) is 9.86 Å². The number of hydrogen-bond acceptors (Lipinski definition) is 0. The van der Waals surface area contributed by atoms with E-state index in [1.165, 1.54) is 82.6 Å². The molecule has 0 spiro atoms. The van der Waals surface area contributed by atoms with Gasteiger partial charge in [0.1, 0.15) is 0 Å². The van der Waals surface area contributed by atoms with Gasteiger partial charge in [0.25, 0.3) is 0 Å². The molecule has 0 saturated carbocycles. The standard InChI is InChI=1S/C49H34N2/c1-33-18-20-35(21-19-33)37-26-28-40(29-27-37)50-44-16-7-5-14-42(44)48-46(50)30-31-47-49(48)43-15-6-8-17-45(43)51(47)41-13-9-12-39(32-41)38-24-22-36(23-25-38)34-10-3-2-4-11-34/h2-32H,1H3. The molecule has 10 aromatic rings. The third-order valence-corrected chi connectivity index (χ3v) is 10.4. The molecule has 0 aliphatic carbocycles. The van der Waals surface area contributed by atoms with Crippen LogP contribution in [0, 0.1) is 6.92 Å². The Morgan fingerprint density at radius 2 is 0.725 bits per heavy atom. The van der Waals surface area contributed by atoms with E-state index in [9.17, 15) is 0 Å². The molecule has 8 aromatic carbocycles. The number of fused-ring (bicyclic) bond motifs is 7. The first-order valence-electron chi connectivity index (χ1n) is 17.6. The van der Waals surface area contributed by atoms with Gasteiger partial charge in [-0.1, -0.05) is 145 Å². The van der Waals surface area contributed by atoms with E-state index in [0.29, 0.717) is 0 Å². The van der Waals surface area contributed by atoms with E-state index in [-0.39, 0.29) is 0 Å². The summed E-state index contributed by atoms with van der Waals surface area (Å²) < 4.78 is 4.86. The van der Waals surface area contributed by atoms with Crippen molar-refractivity contribution in [2.75, 3.05) is 0 Å². The fourth-order valence-electron chi connectivity index (χ4n) is 7.93. The second-order valence-electron chi connectivity index (χ2n) is 13.5. The van der Waals surface area contributed by atoms with Gasteiger partial charge in [0.2, 0.25) is 0 Å². The van der Waals surface area contributed by atoms with Gasteiger partial charge >= 0.3 is 0 Å². The Hall–Kier alpha value is -6.64. The summed E-state index contributed by atoms with van der Waals surface area (Å²) in [4.78, 5) is 0. The molecule has 0 unspecified atom stereocenters. The number of benzene rings is 8.